The van der Waals surface area contributed by atoms with Gasteiger partial charge in [0.05, 0.1) is 28.3 Å². The van der Waals surface area contributed by atoms with E-state index in [1.54, 1.807) is 0 Å². The molecule has 0 amide bonds. The summed E-state index contributed by atoms with van der Waals surface area (Å²) in [6, 6.07) is 37.1. The molecular weight excluding hydrogens is 520 g/mol. The van der Waals surface area contributed by atoms with Crippen molar-refractivity contribution in [3.63, 3.8) is 0 Å². The number of hydrogen-bond acceptors (Lipinski definition) is 4. The number of thiophene rings is 1. The minimum absolute atomic E-state index is 0.0906. The number of hydrogen-bond donors (Lipinski definition) is 0. The Morgan fingerprint density at radius 1 is 0.707 bits per heavy atom. The quantitative estimate of drug-likeness (QED) is 0.222. The lowest BCUT2D eigenvalue weighted by molar-refractivity contribution is 0.696. The second-order valence-electron chi connectivity index (χ2n) is 10.6. The number of allylic oxidation sites excluding steroid dienone is 2. The Morgan fingerprint density at radius 2 is 1.59 bits per heavy atom. The molecule has 0 saturated carbocycles. The third-order valence-corrected chi connectivity index (χ3v) is 9.45. The number of fused-ring (bicyclic) bond motifs is 8. The fourth-order valence-corrected chi connectivity index (χ4v) is 7.69. The maximum atomic E-state index is 5.19. The summed E-state index contributed by atoms with van der Waals surface area (Å²) in [4.78, 5) is 12.5. The van der Waals surface area contributed by atoms with Gasteiger partial charge in [0.15, 0.2) is 0 Å². The van der Waals surface area contributed by atoms with E-state index < -0.39 is 0 Å². The van der Waals surface area contributed by atoms with E-state index in [2.05, 4.69) is 131 Å². The molecule has 0 bridgehead atoms. The second kappa shape index (κ2) is 8.75. The number of anilines is 1. The van der Waals surface area contributed by atoms with Crippen LogP contribution in [0.5, 0.6) is 0 Å². The molecular formula is C36H24N4S. The molecule has 4 nitrogen and oxygen atoms in total. The smallest absolute Gasteiger partial charge is 0.148 e. The summed E-state index contributed by atoms with van der Waals surface area (Å²) in [5.41, 5.74) is 7.90. The standard InChI is InChI=1S/C36H24N4S/c1-2-10-23(11-3-1)36-38-28-15-5-6-16-29(28)40(36)25-13-8-12-24(22-25)39-30-17-9-21-37-34(30)27-19-20-32-33(35(27)39)26-14-4-7-18-31(26)41-32/h1-22,29,36H. The predicted octanol–water partition coefficient (Wildman–Crippen LogP) is 9.00. The van der Waals surface area contributed by atoms with Crippen LogP contribution in [0.1, 0.15) is 11.7 Å². The molecule has 7 aromatic rings. The monoisotopic (exact) mass is 544 g/mol. The van der Waals surface area contributed by atoms with Crippen LogP contribution in [0.15, 0.2) is 139 Å². The summed E-state index contributed by atoms with van der Waals surface area (Å²) in [7, 11) is 0. The van der Waals surface area contributed by atoms with Crippen molar-refractivity contribution in [2.75, 3.05) is 4.90 Å². The van der Waals surface area contributed by atoms with Crippen LogP contribution >= 0.6 is 11.3 Å². The Bertz CT molecular complexity index is 2230. The first-order valence-electron chi connectivity index (χ1n) is 13.9. The van der Waals surface area contributed by atoms with E-state index in [1.807, 2.05) is 23.6 Å². The average molecular weight is 545 g/mol. The molecule has 194 valence electrons. The Balaban J connectivity index is 1.31. The van der Waals surface area contributed by atoms with Gasteiger partial charge in [-0.2, -0.15) is 0 Å². The Labute approximate surface area is 240 Å². The molecule has 9 rings (SSSR count). The summed E-state index contributed by atoms with van der Waals surface area (Å²) < 4.78 is 5.01. The van der Waals surface area contributed by atoms with Crippen LogP contribution in [0, 0.1) is 0 Å². The number of aromatic nitrogens is 2. The topological polar surface area (TPSA) is 33.4 Å². The molecule has 0 saturated heterocycles. The fraction of sp³-hybridized carbons (Fsp3) is 0.0556. The number of nitrogens with zero attached hydrogens (tertiary/aromatic N) is 4. The molecule has 2 aliphatic rings. The lowest BCUT2D eigenvalue weighted by Gasteiger charge is -2.31. The van der Waals surface area contributed by atoms with Crippen molar-refractivity contribution in [1.82, 2.24) is 9.55 Å². The van der Waals surface area contributed by atoms with Crippen molar-refractivity contribution in [3.05, 3.63) is 139 Å². The van der Waals surface area contributed by atoms with Crippen molar-refractivity contribution in [1.29, 1.82) is 0 Å². The number of pyridine rings is 1. The summed E-state index contributed by atoms with van der Waals surface area (Å²) in [5.74, 6) is 0. The molecule has 1 aliphatic carbocycles. The normalized spacial score (nSPS) is 18.1. The van der Waals surface area contributed by atoms with Crippen LogP contribution in [0.3, 0.4) is 0 Å². The molecule has 3 aromatic heterocycles. The fourth-order valence-electron chi connectivity index (χ4n) is 6.58. The van der Waals surface area contributed by atoms with Crippen LogP contribution in [0.25, 0.3) is 47.8 Å². The van der Waals surface area contributed by atoms with Crippen LogP contribution in [-0.2, 0) is 0 Å². The van der Waals surface area contributed by atoms with E-state index in [-0.39, 0.29) is 12.2 Å². The van der Waals surface area contributed by atoms with Gasteiger partial charge in [0.25, 0.3) is 0 Å². The maximum Gasteiger partial charge on any atom is 0.148 e. The number of aliphatic imine (C=N–C) groups is 1. The van der Waals surface area contributed by atoms with Gasteiger partial charge in [0.2, 0.25) is 0 Å². The Kier molecular flexibility index (Phi) is 4.86. The molecule has 4 heterocycles. The number of benzene rings is 4. The molecule has 0 spiro atoms. The molecule has 2 unspecified atom stereocenters. The van der Waals surface area contributed by atoms with Gasteiger partial charge in [-0.05, 0) is 60.2 Å². The minimum Gasteiger partial charge on any atom is -0.334 e. The van der Waals surface area contributed by atoms with Gasteiger partial charge in [-0.15, -0.1) is 11.3 Å². The van der Waals surface area contributed by atoms with Crippen molar-refractivity contribution in [2.45, 2.75) is 12.2 Å². The van der Waals surface area contributed by atoms with Crippen LogP contribution in [0.2, 0.25) is 0 Å². The van der Waals surface area contributed by atoms with Crippen LogP contribution in [-0.4, -0.2) is 21.3 Å². The van der Waals surface area contributed by atoms with Crippen molar-refractivity contribution in [3.8, 4) is 5.69 Å². The minimum atomic E-state index is -0.0915. The molecule has 5 heteroatoms. The van der Waals surface area contributed by atoms with Gasteiger partial charge in [0, 0.05) is 43.1 Å². The zero-order valence-corrected chi connectivity index (χ0v) is 22.9. The van der Waals surface area contributed by atoms with Gasteiger partial charge < -0.3 is 9.47 Å². The highest BCUT2D eigenvalue weighted by atomic mass is 32.1. The van der Waals surface area contributed by atoms with E-state index in [9.17, 15) is 0 Å². The van der Waals surface area contributed by atoms with Gasteiger partial charge >= 0.3 is 0 Å². The first kappa shape index (κ1) is 22.8. The highest BCUT2D eigenvalue weighted by Crippen LogP contribution is 2.43. The van der Waals surface area contributed by atoms with Gasteiger partial charge in [0.1, 0.15) is 6.17 Å². The van der Waals surface area contributed by atoms with E-state index in [0.29, 0.717) is 0 Å². The molecule has 0 radical (unpaired) electrons. The lowest BCUT2D eigenvalue weighted by Crippen LogP contribution is -2.35. The van der Waals surface area contributed by atoms with Crippen LogP contribution < -0.4 is 4.90 Å². The summed E-state index contributed by atoms with van der Waals surface area (Å²) in [6.45, 7) is 0. The summed E-state index contributed by atoms with van der Waals surface area (Å²) in [5, 5.41) is 3.76. The summed E-state index contributed by atoms with van der Waals surface area (Å²) >= 11 is 1.85. The van der Waals surface area contributed by atoms with Gasteiger partial charge in [-0.3, -0.25) is 9.98 Å². The third-order valence-electron chi connectivity index (χ3n) is 8.31. The SMILES string of the molecule is C1=CC2=NC(c3ccccc3)N(c3cccc(-n4c5cccnc5c5ccc6sc7ccccc7c6c54)c3)C2C=C1. The number of rotatable bonds is 3. The lowest BCUT2D eigenvalue weighted by atomic mass is 10.0. The molecule has 41 heavy (non-hydrogen) atoms. The van der Waals surface area contributed by atoms with Crippen molar-refractivity contribution in [2.24, 2.45) is 4.99 Å². The van der Waals surface area contributed by atoms with E-state index in [1.165, 1.54) is 36.6 Å². The Morgan fingerprint density at radius 3 is 2.54 bits per heavy atom. The second-order valence-corrected chi connectivity index (χ2v) is 11.7. The van der Waals surface area contributed by atoms with E-state index >= 15 is 0 Å². The van der Waals surface area contributed by atoms with Crippen molar-refractivity contribution >= 4 is 64.8 Å². The largest absolute Gasteiger partial charge is 0.334 e. The zero-order valence-electron chi connectivity index (χ0n) is 22.1. The highest BCUT2D eigenvalue weighted by molar-refractivity contribution is 7.26. The van der Waals surface area contributed by atoms with Crippen LogP contribution in [0.4, 0.5) is 5.69 Å². The predicted molar refractivity (Wildman–Crippen MR) is 173 cm³/mol. The zero-order chi connectivity index (χ0) is 26.9. The molecule has 0 N–H and O–H groups in total. The Hall–Kier alpha value is -5.00. The van der Waals surface area contributed by atoms with Crippen molar-refractivity contribution < 1.29 is 0 Å². The molecule has 2 atom stereocenters. The molecule has 4 aromatic carbocycles. The third kappa shape index (κ3) is 3.33. The first-order valence-corrected chi connectivity index (χ1v) is 14.7. The maximum absolute atomic E-state index is 5.19. The first-order chi connectivity index (χ1) is 20.3. The highest BCUT2D eigenvalue weighted by Gasteiger charge is 2.35. The average Bonchev–Trinajstić information content (AvgIpc) is 3.71. The molecule has 1 aliphatic heterocycles. The van der Waals surface area contributed by atoms with E-state index in [4.69, 9.17) is 9.98 Å². The van der Waals surface area contributed by atoms with Gasteiger partial charge in [-0.25, -0.2) is 0 Å². The van der Waals surface area contributed by atoms with E-state index in [0.717, 1.165) is 28.1 Å². The van der Waals surface area contributed by atoms with Gasteiger partial charge in [-0.1, -0.05) is 72.8 Å². The summed E-state index contributed by atoms with van der Waals surface area (Å²) in [6.07, 6.45) is 10.4. The molecule has 0 fully saturated rings.